The molecule has 6 nitrogen and oxygen atoms in total. The Hall–Kier alpha value is -2.25. The zero-order chi connectivity index (χ0) is 17.5. The standard InChI is InChI=1S/C16H15ClN4O2S/c1-10-12-9-13(14(17)18-15(12)21(2)19-10)16(22)20-24(3,23)11-7-5-4-6-8-11/h4-9H,1-3H3. The van der Waals surface area contributed by atoms with Crippen molar-refractivity contribution in [3.63, 3.8) is 0 Å². The van der Waals surface area contributed by atoms with Gasteiger partial charge in [0.2, 0.25) is 0 Å². The summed E-state index contributed by atoms with van der Waals surface area (Å²) in [5.41, 5.74) is 1.42. The lowest BCUT2D eigenvalue weighted by Crippen LogP contribution is -2.05. The molecule has 0 aliphatic carbocycles. The van der Waals surface area contributed by atoms with E-state index < -0.39 is 15.6 Å². The first-order chi connectivity index (χ1) is 11.3. The molecule has 0 fully saturated rings. The van der Waals surface area contributed by atoms with Crippen molar-refractivity contribution in [1.82, 2.24) is 14.8 Å². The minimum absolute atomic E-state index is 0.0162. The van der Waals surface area contributed by atoms with Crippen LogP contribution in [0.4, 0.5) is 0 Å². The Balaban J connectivity index is 2.12. The number of rotatable bonds is 2. The number of aromatic nitrogens is 3. The molecule has 1 aromatic carbocycles. The predicted molar refractivity (Wildman–Crippen MR) is 93.8 cm³/mol. The maximum Gasteiger partial charge on any atom is 0.288 e. The van der Waals surface area contributed by atoms with Gasteiger partial charge in [0.1, 0.15) is 5.15 Å². The van der Waals surface area contributed by atoms with Crippen LogP contribution in [0, 0.1) is 6.92 Å². The molecule has 1 unspecified atom stereocenters. The molecule has 3 aromatic rings. The number of nitrogens with zero attached hydrogens (tertiary/aromatic N) is 4. The number of hydrogen-bond acceptors (Lipinski definition) is 4. The van der Waals surface area contributed by atoms with Crippen LogP contribution in [0.25, 0.3) is 11.0 Å². The molecular weight excluding hydrogens is 348 g/mol. The van der Waals surface area contributed by atoms with E-state index in [1.54, 1.807) is 48.1 Å². The van der Waals surface area contributed by atoms with Crippen LogP contribution < -0.4 is 0 Å². The van der Waals surface area contributed by atoms with E-state index in [4.69, 9.17) is 11.6 Å². The number of aryl methyl sites for hydroxylation is 2. The number of carbonyl (C=O) groups excluding carboxylic acids is 1. The van der Waals surface area contributed by atoms with Crippen LogP contribution in [-0.2, 0) is 16.8 Å². The summed E-state index contributed by atoms with van der Waals surface area (Å²) in [6.07, 6.45) is 1.43. The summed E-state index contributed by atoms with van der Waals surface area (Å²) < 4.78 is 18.2. The van der Waals surface area contributed by atoms with Gasteiger partial charge in [-0.25, -0.2) is 9.19 Å². The van der Waals surface area contributed by atoms with Crippen molar-refractivity contribution in [3.05, 3.63) is 52.8 Å². The number of halogens is 1. The Morgan fingerprint density at radius 2 is 1.96 bits per heavy atom. The van der Waals surface area contributed by atoms with Gasteiger partial charge in [0.15, 0.2) is 5.65 Å². The lowest BCUT2D eigenvalue weighted by molar-refractivity contribution is 0.100. The molecule has 0 aliphatic rings. The highest BCUT2D eigenvalue weighted by atomic mass is 35.5. The minimum atomic E-state index is -2.86. The number of fused-ring (bicyclic) bond motifs is 1. The number of carbonyl (C=O) groups is 1. The van der Waals surface area contributed by atoms with Crippen LogP contribution in [0.3, 0.4) is 0 Å². The van der Waals surface area contributed by atoms with E-state index in [0.29, 0.717) is 15.9 Å². The first kappa shape index (κ1) is 16.6. The third-order valence-corrected chi connectivity index (χ3v) is 5.57. The normalized spacial score (nSPS) is 13.7. The quantitative estimate of drug-likeness (QED) is 0.656. The molecule has 2 aromatic heterocycles. The highest BCUT2D eigenvalue weighted by Crippen LogP contribution is 2.24. The highest BCUT2D eigenvalue weighted by Gasteiger charge is 2.18. The van der Waals surface area contributed by atoms with E-state index in [0.717, 1.165) is 5.69 Å². The van der Waals surface area contributed by atoms with Gasteiger partial charge in [0, 0.05) is 23.6 Å². The Morgan fingerprint density at radius 3 is 2.62 bits per heavy atom. The molecule has 2 heterocycles. The zero-order valence-electron chi connectivity index (χ0n) is 13.4. The second-order valence-corrected chi connectivity index (χ2v) is 8.04. The van der Waals surface area contributed by atoms with Crippen LogP contribution >= 0.6 is 11.6 Å². The van der Waals surface area contributed by atoms with Gasteiger partial charge in [0.05, 0.1) is 21.0 Å². The average Bonchev–Trinajstić information content (AvgIpc) is 2.81. The van der Waals surface area contributed by atoms with Crippen molar-refractivity contribution < 1.29 is 9.00 Å². The van der Waals surface area contributed by atoms with E-state index >= 15 is 0 Å². The summed E-state index contributed by atoms with van der Waals surface area (Å²) in [5.74, 6) is -0.658. The molecule has 8 heteroatoms. The van der Waals surface area contributed by atoms with Gasteiger partial charge < -0.3 is 0 Å². The van der Waals surface area contributed by atoms with Crippen LogP contribution in [0.5, 0.6) is 0 Å². The van der Waals surface area contributed by atoms with Gasteiger partial charge in [-0.15, -0.1) is 0 Å². The fraction of sp³-hybridized carbons (Fsp3) is 0.188. The first-order valence-electron chi connectivity index (χ1n) is 7.11. The van der Waals surface area contributed by atoms with Gasteiger partial charge in [-0.2, -0.15) is 9.46 Å². The Morgan fingerprint density at radius 1 is 1.29 bits per heavy atom. The van der Waals surface area contributed by atoms with Gasteiger partial charge in [-0.1, -0.05) is 29.8 Å². The fourth-order valence-electron chi connectivity index (χ4n) is 2.40. The molecule has 0 aliphatic heterocycles. The lowest BCUT2D eigenvalue weighted by Gasteiger charge is -2.05. The van der Waals surface area contributed by atoms with Crippen LogP contribution in [0.15, 0.2) is 45.7 Å². The summed E-state index contributed by atoms with van der Waals surface area (Å²) in [7, 11) is -1.12. The second-order valence-electron chi connectivity index (χ2n) is 5.42. The fourth-order valence-corrected chi connectivity index (χ4v) is 3.80. The summed E-state index contributed by atoms with van der Waals surface area (Å²) in [6.45, 7) is 1.82. The van der Waals surface area contributed by atoms with E-state index in [1.807, 2.05) is 6.92 Å². The second kappa shape index (κ2) is 5.99. The topological polar surface area (TPSA) is 77.2 Å². The Bertz CT molecular complexity index is 1070. The van der Waals surface area contributed by atoms with Crippen LogP contribution in [-0.4, -0.2) is 31.1 Å². The monoisotopic (exact) mass is 362 g/mol. The van der Waals surface area contributed by atoms with Crippen molar-refractivity contribution in [3.8, 4) is 0 Å². The zero-order valence-corrected chi connectivity index (χ0v) is 14.9. The molecule has 0 bridgehead atoms. The molecule has 3 rings (SSSR count). The smallest absolute Gasteiger partial charge is 0.266 e. The van der Waals surface area contributed by atoms with Gasteiger partial charge in [-0.3, -0.25) is 9.48 Å². The molecule has 24 heavy (non-hydrogen) atoms. The van der Waals surface area contributed by atoms with Gasteiger partial charge >= 0.3 is 0 Å². The number of hydrogen-bond donors (Lipinski definition) is 0. The third-order valence-electron chi connectivity index (χ3n) is 3.62. The Kier molecular flexibility index (Phi) is 4.15. The van der Waals surface area contributed by atoms with E-state index in [9.17, 15) is 9.00 Å². The molecule has 1 amide bonds. The molecule has 0 N–H and O–H groups in total. The van der Waals surface area contributed by atoms with Crippen molar-refractivity contribution in [1.29, 1.82) is 0 Å². The molecule has 0 radical (unpaired) electrons. The summed E-state index contributed by atoms with van der Waals surface area (Å²) >= 11 is 6.13. The first-order valence-corrected chi connectivity index (χ1v) is 9.41. The molecule has 0 saturated carbocycles. The Labute approximate surface area is 144 Å². The minimum Gasteiger partial charge on any atom is -0.266 e. The summed E-state index contributed by atoms with van der Waals surface area (Å²) in [5, 5.41) is 4.98. The summed E-state index contributed by atoms with van der Waals surface area (Å²) in [4.78, 5) is 17.2. The van der Waals surface area contributed by atoms with Crippen LogP contribution in [0.2, 0.25) is 5.15 Å². The molecule has 0 spiro atoms. The molecular formula is C16H15ClN4O2S. The van der Waals surface area contributed by atoms with E-state index in [1.165, 1.54) is 6.26 Å². The molecule has 0 saturated heterocycles. The summed E-state index contributed by atoms with van der Waals surface area (Å²) in [6, 6.07) is 10.2. The van der Waals surface area contributed by atoms with Gasteiger partial charge in [-0.05, 0) is 25.1 Å². The maximum atomic E-state index is 12.7. The van der Waals surface area contributed by atoms with Crippen molar-refractivity contribution in [2.45, 2.75) is 11.8 Å². The van der Waals surface area contributed by atoms with Gasteiger partial charge in [0.25, 0.3) is 5.91 Å². The SMILES string of the molecule is Cc1nn(C)c2nc(Cl)c(C(=O)N=S(C)(=O)c3ccccc3)cc12. The number of amides is 1. The lowest BCUT2D eigenvalue weighted by atomic mass is 10.2. The highest BCUT2D eigenvalue weighted by molar-refractivity contribution is 7.93. The predicted octanol–water partition coefficient (Wildman–Crippen LogP) is 3.23. The maximum absolute atomic E-state index is 12.7. The number of benzene rings is 1. The largest absolute Gasteiger partial charge is 0.288 e. The molecule has 1 atom stereocenters. The van der Waals surface area contributed by atoms with Crippen molar-refractivity contribution in [2.75, 3.05) is 6.26 Å². The van der Waals surface area contributed by atoms with Crippen molar-refractivity contribution in [2.24, 2.45) is 11.4 Å². The van der Waals surface area contributed by atoms with E-state index in [2.05, 4.69) is 14.4 Å². The molecule has 124 valence electrons. The van der Waals surface area contributed by atoms with E-state index in [-0.39, 0.29) is 10.7 Å². The van der Waals surface area contributed by atoms with Crippen LogP contribution in [0.1, 0.15) is 16.1 Å². The number of pyridine rings is 1. The average molecular weight is 363 g/mol. The van der Waals surface area contributed by atoms with Crippen molar-refractivity contribution >= 4 is 38.3 Å². The third kappa shape index (κ3) is 2.92.